The van der Waals surface area contributed by atoms with Crippen molar-refractivity contribution < 1.29 is 24.5 Å². The summed E-state index contributed by atoms with van der Waals surface area (Å²) in [5.41, 5.74) is 0. The number of hydrogen-bond donors (Lipinski definition) is 3. The van der Waals surface area contributed by atoms with E-state index in [0.29, 0.717) is 19.3 Å². The van der Waals surface area contributed by atoms with Crippen molar-refractivity contribution in [2.45, 2.75) is 277 Å². The first kappa shape index (κ1) is 57.8. The van der Waals surface area contributed by atoms with Gasteiger partial charge >= 0.3 is 5.97 Å². The van der Waals surface area contributed by atoms with E-state index in [1.54, 1.807) is 0 Å². The molecule has 3 atom stereocenters. The second kappa shape index (κ2) is 47.9. The van der Waals surface area contributed by atoms with Gasteiger partial charge in [0.15, 0.2) is 0 Å². The lowest BCUT2D eigenvalue weighted by Crippen LogP contribution is -2.46. The highest BCUT2D eigenvalue weighted by Gasteiger charge is 2.23. The minimum absolute atomic E-state index is 0.00403. The lowest BCUT2D eigenvalue weighted by atomic mass is 10.0. The van der Waals surface area contributed by atoms with Gasteiger partial charge in [-0.25, -0.2) is 0 Å². The molecule has 0 fully saturated rings. The molecule has 3 N–H and O–H groups in total. The van der Waals surface area contributed by atoms with Gasteiger partial charge in [0.2, 0.25) is 5.91 Å². The van der Waals surface area contributed by atoms with E-state index < -0.39 is 18.2 Å². The maximum Gasteiger partial charge on any atom is 0.306 e. The highest BCUT2D eigenvalue weighted by molar-refractivity contribution is 5.77. The predicted octanol–water partition coefficient (Wildman–Crippen LogP) is 15.5. The van der Waals surface area contributed by atoms with Crippen LogP contribution in [0.25, 0.3) is 0 Å². The number of aliphatic hydroxyl groups excluding tert-OH is 2. The molecule has 0 spiro atoms. The standard InChI is InChI=1S/C54H99NO5/c1-4-7-10-13-16-19-22-24-26-28-30-32-34-37-40-43-46-52(57)51(49-56)55-53(58)48-50(60-54(59)47-44-41-38-35-21-18-15-12-9-6-3)45-42-39-36-33-31-29-27-25-23-20-17-14-11-8-5-2/h17,20,25,27,31,33,39,42,50-52,56-57H,4-16,18-19,21-24,26,28-30,32,34-38,40-41,43-49H2,1-3H3,(H,55,58)/b20-17-,27-25-,33-31-,42-39-. The van der Waals surface area contributed by atoms with Gasteiger partial charge in [0.1, 0.15) is 6.10 Å². The average Bonchev–Trinajstić information content (AvgIpc) is 3.24. The maximum absolute atomic E-state index is 13.2. The van der Waals surface area contributed by atoms with Crippen LogP contribution < -0.4 is 5.32 Å². The number of amides is 1. The molecular weight excluding hydrogens is 743 g/mol. The summed E-state index contributed by atoms with van der Waals surface area (Å²) in [6.45, 7) is 6.43. The second-order valence-electron chi connectivity index (χ2n) is 17.6. The molecule has 0 aromatic heterocycles. The molecule has 0 radical (unpaired) electrons. The number of esters is 1. The molecule has 350 valence electrons. The highest BCUT2D eigenvalue weighted by atomic mass is 16.5. The van der Waals surface area contributed by atoms with E-state index in [9.17, 15) is 19.8 Å². The van der Waals surface area contributed by atoms with E-state index in [-0.39, 0.29) is 24.9 Å². The molecule has 60 heavy (non-hydrogen) atoms. The van der Waals surface area contributed by atoms with Crippen molar-refractivity contribution >= 4 is 11.9 Å². The third-order valence-electron chi connectivity index (χ3n) is 11.7. The quantitative estimate of drug-likeness (QED) is 0.0322. The molecule has 0 heterocycles. The zero-order valence-electron chi connectivity index (χ0n) is 39.8. The molecule has 0 aromatic carbocycles. The normalized spacial score (nSPS) is 13.6. The molecule has 0 saturated carbocycles. The molecule has 0 aliphatic carbocycles. The Balaban J connectivity index is 4.63. The van der Waals surface area contributed by atoms with E-state index in [1.807, 2.05) is 6.08 Å². The van der Waals surface area contributed by atoms with Crippen molar-refractivity contribution in [1.29, 1.82) is 0 Å². The monoisotopic (exact) mass is 842 g/mol. The van der Waals surface area contributed by atoms with Crippen LogP contribution in [0.2, 0.25) is 0 Å². The largest absolute Gasteiger partial charge is 0.461 e. The zero-order valence-corrected chi connectivity index (χ0v) is 39.8. The minimum atomic E-state index is -0.809. The van der Waals surface area contributed by atoms with E-state index in [2.05, 4.69) is 68.6 Å². The van der Waals surface area contributed by atoms with Crippen LogP contribution in [0, 0.1) is 0 Å². The summed E-state index contributed by atoms with van der Waals surface area (Å²) in [6, 6.07) is -0.728. The molecule has 0 aliphatic rings. The van der Waals surface area contributed by atoms with Crippen molar-refractivity contribution in [1.82, 2.24) is 5.32 Å². The van der Waals surface area contributed by atoms with Crippen LogP contribution in [0.1, 0.15) is 258 Å². The Morgan fingerprint density at radius 3 is 1.33 bits per heavy atom. The van der Waals surface area contributed by atoms with Crippen molar-refractivity contribution in [2.75, 3.05) is 6.61 Å². The number of hydrogen-bond acceptors (Lipinski definition) is 5. The van der Waals surface area contributed by atoms with Gasteiger partial charge in [-0.15, -0.1) is 0 Å². The van der Waals surface area contributed by atoms with Crippen LogP contribution >= 0.6 is 0 Å². The maximum atomic E-state index is 13.2. The summed E-state index contributed by atoms with van der Waals surface area (Å²) < 4.78 is 5.85. The predicted molar refractivity (Wildman–Crippen MR) is 259 cm³/mol. The SMILES string of the molecule is CCCCC/C=C\C/C=C\C/C=C\C/C=C\CC(CC(=O)NC(CO)C(O)CCCCCCCCCCCCCCCCCC)OC(=O)CCCCCCCCCCCC. The summed E-state index contributed by atoms with van der Waals surface area (Å²) in [6.07, 6.45) is 57.6. The number of aliphatic hydroxyl groups is 2. The van der Waals surface area contributed by atoms with Gasteiger partial charge in [0.25, 0.3) is 0 Å². The fourth-order valence-electron chi connectivity index (χ4n) is 7.70. The van der Waals surface area contributed by atoms with Gasteiger partial charge in [-0.1, -0.05) is 243 Å². The summed E-state index contributed by atoms with van der Waals surface area (Å²) >= 11 is 0. The van der Waals surface area contributed by atoms with Crippen LogP contribution in [0.4, 0.5) is 0 Å². The van der Waals surface area contributed by atoms with Crippen molar-refractivity contribution in [3.05, 3.63) is 48.6 Å². The van der Waals surface area contributed by atoms with E-state index >= 15 is 0 Å². The summed E-state index contributed by atoms with van der Waals surface area (Å²) in [4.78, 5) is 26.0. The first-order chi connectivity index (χ1) is 29.5. The van der Waals surface area contributed by atoms with Crippen molar-refractivity contribution in [2.24, 2.45) is 0 Å². The Hall–Kier alpha value is -2.18. The van der Waals surface area contributed by atoms with Gasteiger partial charge in [0, 0.05) is 12.8 Å². The Labute approximate surface area is 372 Å². The molecule has 1 amide bonds. The Kier molecular flexibility index (Phi) is 46.1. The van der Waals surface area contributed by atoms with E-state index in [4.69, 9.17) is 4.74 Å². The smallest absolute Gasteiger partial charge is 0.306 e. The Morgan fingerprint density at radius 2 is 0.883 bits per heavy atom. The van der Waals surface area contributed by atoms with Gasteiger partial charge in [0.05, 0.1) is 25.2 Å². The van der Waals surface area contributed by atoms with Gasteiger partial charge < -0.3 is 20.3 Å². The van der Waals surface area contributed by atoms with Crippen molar-refractivity contribution in [3.63, 3.8) is 0 Å². The fourth-order valence-corrected chi connectivity index (χ4v) is 7.70. The molecule has 0 saturated heterocycles. The summed E-state index contributed by atoms with van der Waals surface area (Å²) in [5.74, 6) is -0.571. The lowest BCUT2D eigenvalue weighted by Gasteiger charge is -2.24. The molecule has 0 aliphatic heterocycles. The van der Waals surface area contributed by atoms with E-state index in [1.165, 1.54) is 154 Å². The lowest BCUT2D eigenvalue weighted by molar-refractivity contribution is -0.150. The van der Waals surface area contributed by atoms with Crippen LogP contribution in [-0.4, -0.2) is 46.9 Å². The average molecular weight is 842 g/mol. The molecular formula is C54H99NO5. The van der Waals surface area contributed by atoms with Gasteiger partial charge in [-0.05, 0) is 44.9 Å². The fraction of sp³-hybridized carbons (Fsp3) is 0.815. The van der Waals surface area contributed by atoms with Gasteiger partial charge in [-0.2, -0.15) is 0 Å². The molecule has 3 unspecified atom stereocenters. The number of unbranched alkanes of at least 4 members (excludes halogenated alkanes) is 27. The molecule has 6 nitrogen and oxygen atoms in total. The van der Waals surface area contributed by atoms with E-state index in [0.717, 1.165) is 57.8 Å². The van der Waals surface area contributed by atoms with Gasteiger partial charge in [-0.3, -0.25) is 9.59 Å². The first-order valence-electron chi connectivity index (χ1n) is 25.9. The third kappa shape index (κ3) is 42.5. The Bertz CT molecular complexity index is 1040. The first-order valence-corrected chi connectivity index (χ1v) is 25.9. The summed E-state index contributed by atoms with van der Waals surface area (Å²) in [5, 5.41) is 23.7. The topological polar surface area (TPSA) is 95.9 Å². The van der Waals surface area contributed by atoms with Crippen LogP contribution in [0.15, 0.2) is 48.6 Å². The number of carbonyl (C=O) groups excluding carboxylic acids is 2. The second-order valence-corrected chi connectivity index (χ2v) is 17.6. The highest BCUT2D eigenvalue weighted by Crippen LogP contribution is 2.17. The van der Waals surface area contributed by atoms with Crippen molar-refractivity contribution in [3.8, 4) is 0 Å². The van der Waals surface area contributed by atoms with Crippen LogP contribution in [0.3, 0.4) is 0 Å². The molecule has 0 bridgehead atoms. The number of nitrogens with one attached hydrogen (secondary N) is 1. The van der Waals surface area contributed by atoms with Crippen LogP contribution in [-0.2, 0) is 14.3 Å². The molecule has 0 rings (SSSR count). The number of carbonyl (C=O) groups is 2. The number of allylic oxidation sites excluding steroid dienone is 7. The minimum Gasteiger partial charge on any atom is -0.461 e. The number of rotatable bonds is 46. The van der Waals surface area contributed by atoms with Crippen LogP contribution in [0.5, 0.6) is 0 Å². The molecule has 6 heteroatoms. The summed E-state index contributed by atoms with van der Waals surface area (Å²) in [7, 11) is 0. The zero-order chi connectivity index (χ0) is 43.8. The Morgan fingerprint density at radius 1 is 0.500 bits per heavy atom. The number of ether oxygens (including phenoxy) is 1. The third-order valence-corrected chi connectivity index (χ3v) is 11.7. The molecule has 0 aromatic rings.